The number of aliphatic hydroxyl groups is 1. The fraction of sp³-hybridized carbons (Fsp3) is 1.00. The van der Waals surface area contributed by atoms with E-state index in [2.05, 4.69) is 0 Å². The molecule has 1 atom stereocenters. The maximum Gasteiger partial charge on any atom is 0.0616 e. The first-order chi connectivity index (χ1) is 5.22. The van der Waals surface area contributed by atoms with Gasteiger partial charge in [-0.25, -0.2) is 0 Å². The Morgan fingerprint density at radius 3 is 2.18 bits per heavy atom. The van der Waals surface area contributed by atoms with E-state index in [1.807, 2.05) is 0 Å². The molecule has 0 heterocycles. The fourth-order valence-electron chi connectivity index (χ4n) is 2.56. The third kappa shape index (κ3) is 0.926. The minimum atomic E-state index is -0.217. The largest absolute Gasteiger partial charge is 0.394 e. The van der Waals surface area contributed by atoms with Crippen molar-refractivity contribution in [2.45, 2.75) is 44.1 Å². The van der Waals surface area contributed by atoms with Crippen molar-refractivity contribution in [3.8, 4) is 0 Å². The molecule has 2 aliphatic carbocycles. The van der Waals surface area contributed by atoms with Crippen molar-refractivity contribution < 1.29 is 5.11 Å². The molecule has 0 bridgehead atoms. The second kappa shape index (κ2) is 2.20. The van der Waals surface area contributed by atoms with Crippen molar-refractivity contribution in [1.82, 2.24) is 0 Å². The Balaban J connectivity index is 2.15. The average molecular weight is 155 g/mol. The molecule has 0 amide bonds. The molecule has 2 nitrogen and oxygen atoms in total. The lowest BCUT2D eigenvalue weighted by Crippen LogP contribution is -2.53. The molecule has 0 aromatic heterocycles. The van der Waals surface area contributed by atoms with Gasteiger partial charge < -0.3 is 10.8 Å². The Morgan fingerprint density at radius 2 is 1.73 bits per heavy atom. The van der Waals surface area contributed by atoms with E-state index in [4.69, 9.17) is 5.73 Å². The highest BCUT2D eigenvalue weighted by Crippen LogP contribution is 2.60. The Kier molecular flexibility index (Phi) is 1.52. The molecular formula is C9H17NO. The van der Waals surface area contributed by atoms with E-state index in [-0.39, 0.29) is 12.1 Å². The van der Waals surface area contributed by atoms with Gasteiger partial charge in [-0.05, 0) is 31.1 Å². The van der Waals surface area contributed by atoms with Gasteiger partial charge in [-0.3, -0.25) is 0 Å². The van der Waals surface area contributed by atoms with Gasteiger partial charge in [-0.15, -0.1) is 0 Å². The summed E-state index contributed by atoms with van der Waals surface area (Å²) in [5, 5.41) is 9.20. The number of aliphatic hydroxyl groups excluding tert-OH is 1. The lowest BCUT2D eigenvalue weighted by atomic mass is 9.71. The molecule has 2 fully saturated rings. The molecule has 2 aliphatic rings. The molecular weight excluding hydrogens is 138 g/mol. The topological polar surface area (TPSA) is 46.2 Å². The maximum atomic E-state index is 9.20. The zero-order valence-electron chi connectivity index (χ0n) is 6.97. The number of nitrogens with two attached hydrogens (primary N) is 1. The van der Waals surface area contributed by atoms with Crippen LogP contribution in [0.15, 0.2) is 0 Å². The molecule has 2 rings (SSSR count). The molecule has 11 heavy (non-hydrogen) atoms. The summed E-state index contributed by atoms with van der Waals surface area (Å²) in [5.74, 6) is 0. The van der Waals surface area contributed by atoms with E-state index in [1.165, 1.54) is 32.1 Å². The molecule has 0 radical (unpaired) electrons. The smallest absolute Gasteiger partial charge is 0.0616 e. The first-order valence-electron chi connectivity index (χ1n) is 4.62. The van der Waals surface area contributed by atoms with Crippen molar-refractivity contribution >= 4 is 0 Å². The van der Waals surface area contributed by atoms with Crippen LogP contribution in [-0.4, -0.2) is 17.3 Å². The van der Waals surface area contributed by atoms with Crippen molar-refractivity contribution in [3.63, 3.8) is 0 Å². The average Bonchev–Trinajstić information content (AvgIpc) is 2.78. The fourth-order valence-corrected chi connectivity index (χ4v) is 2.56. The van der Waals surface area contributed by atoms with Crippen molar-refractivity contribution in [2.75, 3.05) is 6.61 Å². The van der Waals surface area contributed by atoms with E-state index in [9.17, 15) is 5.11 Å². The summed E-state index contributed by atoms with van der Waals surface area (Å²) in [5.41, 5.74) is 6.29. The summed E-state index contributed by atoms with van der Waals surface area (Å²) in [7, 11) is 0. The number of hydrogen-bond acceptors (Lipinski definition) is 2. The Bertz CT molecular complexity index is 165. The van der Waals surface area contributed by atoms with Crippen LogP contribution in [0, 0.1) is 5.41 Å². The third-order valence-corrected chi connectivity index (χ3v) is 3.72. The molecule has 0 aromatic carbocycles. The van der Waals surface area contributed by atoms with Crippen molar-refractivity contribution in [2.24, 2.45) is 11.1 Å². The predicted molar refractivity (Wildman–Crippen MR) is 44.1 cm³/mol. The van der Waals surface area contributed by atoms with E-state index < -0.39 is 0 Å². The maximum absolute atomic E-state index is 9.20. The molecule has 1 unspecified atom stereocenters. The first-order valence-corrected chi connectivity index (χ1v) is 4.62. The number of rotatable bonds is 1. The normalized spacial score (nSPS) is 40.9. The standard InChI is InChI=1S/C9H17NO/c10-9(7-11)4-2-1-3-8(9)5-6-8/h11H,1-7,10H2. The van der Waals surface area contributed by atoms with Crippen LogP contribution in [0.3, 0.4) is 0 Å². The first kappa shape index (κ1) is 7.56. The van der Waals surface area contributed by atoms with E-state index >= 15 is 0 Å². The van der Waals surface area contributed by atoms with E-state index in [0.29, 0.717) is 5.41 Å². The summed E-state index contributed by atoms with van der Waals surface area (Å²) in [6, 6.07) is 0. The van der Waals surface area contributed by atoms with Crippen LogP contribution in [0.2, 0.25) is 0 Å². The summed E-state index contributed by atoms with van der Waals surface area (Å²) in [6.45, 7) is 0.188. The minimum Gasteiger partial charge on any atom is -0.394 e. The highest BCUT2D eigenvalue weighted by Gasteiger charge is 2.57. The highest BCUT2D eigenvalue weighted by molar-refractivity contribution is 5.12. The highest BCUT2D eigenvalue weighted by atomic mass is 16.3. The Labute approximate surface area is 67.8 Å². The molecule has 2 saturated carbocycles. The van der Waals surface area contributed by atoms with Gasteiger partial charge in [-0.2, -0.15) is 0 Å². The molecule has 64 valence electrons. The summed E-state index contributed by atoms with van der Waals surface area (Å²) in [4.78, 5) is 0. The van der Waals surface area contributed by atoms with Crippen LogP contribution in [-0.2, 0) is 0 Å². The van der Waals surface area contributed by atoms with Gasteiger partial charge in [0, 0.05) is 5.54 Å². The van der Waals surface area contributed by atoms with Crippen LogP contribution in [0.25, 0.3) is 0 Å². The summed E-state index contributed by atoms with van der Waals surface area (Å²) >= 11 is 0. The van der Waals surface area contributed by atoms with Gasteiger partial charge in [0.1, 0.15) is 0 Å². The molecule has 3 N–H and O–H groups in total. The lowest BCUT2D eigenvalue weighted by molar-refractivity contribution is 0.0851. The Morgan fingerprint density at radius 1 is 1.09 bits per heavy atom. The van der Waals surface area contributed by atoms with Gasteiger partial charge in [0.05, 0.1) is 6.61 Å². The van der Waals surface area contributed by atoms with Gasteiger partial charge in [0.2, 0.25) is 0 Å². The second-order valence-electron chi connectivity index (χ2n) is 4.30. The zero-order valence-corrected chi connectivity index (χ0v) is 6.97. The Hall–Kier alpha value is -0.0800. The molecule has 0 aliphatic heterocycles. The van der Waals surface area contributed by atoms with Gasteiger partial charge in [0.25, 0.3) is 0 Å². The SMILES string of the molecule is NC1(CO)CCCCC12CC2. The van der Waals surface area contributed by atoms with Crippen molar-refractivity contribution in [3.05, 3.63) is 0 Å². The van der Waals surface area contributed by atoms with Gasteiger partial charge >= 0.3 is 0 Å². The summed E-state index contributed by atoms with van der Waals surface area (Å²) < 4.78 is 0. The van der Waals surface area contributed by atoms with E-state index in [1.54, 1.807) is 0 Å². The minimum absolute atomic E-state index is 0.188. The van der Waals surface area contributed by atoms with Crippen LogP contribution in [0.4, 0.5) is 0 Å². The second-order valence-corrected chi connectivity index (χ2v) is 4.30. The van der Waals surface area contributed by atoms with Gasteiger partial charge in [-0.1, -0.05) is 12.8 Å². The predicted octanol–water partition coefficient (Wildman–Crippen LogP) is 1.03. The molecule has 1 spiro atoms. The van der Waals surface area contributed by atoms with Crippen LogP contribution in [0.5, 0.6) is 0 Å². The third-order valence-electron chi connectivity index (χ3n) is 3.72. The van der Waals surface area contributed by atoms with Crippen molar-refractivity contribution in [1.29, 1.82) is 0 Å². The molecule has 0 aromatic rings. The lowest BCUT2D eigenvalue weighted by Gasteiger charge is -2.40. The molecule has 2 heteroatoms. The number of hydrogen-bond donors (Lipinski definition) is 2. The molecule has 0 saturated heterocycles. The summed E-state index contributed by atoms with van der Waals surface area (Å²) in [6.07, 6.45) is 7.32. The van der Waals surface area contributed by atoms with Crippen LogP contribution >= 0.6 is 0 Å². The van der Waals surface area contributed by atoms with Crippen LogP contribution < -0.4 is 5.73 Å². The van der Waals surface area contributed by atoms with Crippen LogP contribution in [0.1, 0.15) is 38.5 Å². The monoisotopic (exact) mass is 155 g/mol. The van der Waals surface area contributed by atoms with Gasteiger partial charge in [0.15, 0.2) is 0 Å². The quantitative estimate of drug-likeness (QED) is 0.594. The van der Waals surface area contributed by atoms with E-state index in [0.717, 1.165) is 6.42 Å². The zero-order chi connectivity index (χ0) is 7.95.